The van der Waals surface area contributed by atoms with Gasteiger partial charge in [0.05, 0.1) is 10.6 Å². The second kappa shape index (κ2) is 5.56. The minimum Gasteiger partial charge on any atom is -0.507 e. The molecule has 2 N–H and O–H groups in total. The predicted molar refractivity (Wildman–Crippen MR) is 73.2 cm³/mol. The number of hydrogen-bond acceptors (Lipinski definition) is 4. The minimum atomic E-state index is -0.589. The summed E-state index contributed by atoms with van der Waals surface area (Å²) in [6.07, 6.45) is 0. The number of aromatic hydroxyl groups is 1. The van der Waals surface area contributed by atoms with Crippen molar-refractivity contribution in [3.63, 3.8) is 0 Å². The quantitative estimate of drug-likeness (QED) is 0.663. The van der Waals surface area contributed by atoms with Crippen molar-refractivity contribution in [2.75, 3.05) is 5.32 Å². The number of para-hydroxylation sites is 1. The van der Waals surface area contributed by atoms with Crippen LogP contribution in [0.5, 0.6) is 5.75 Å². The van der Waals surface area contributed by atoms with Gasteiger partial charge in [0.2, 0.25) is 0 Å². The van der Waals surface area contributed by atoms with E-state index in [-0.39, 0.29) is 23.7 Å². The Kier molecular flexibility index (Phi) is 3.84. The number of nitrogens with zero attached hydrogens (tertiary/aromatic N) is 1. The molecule has 20 heavy (non-hydrogen) atoms. The summed E-state index contributed by atoms with van der Waals surface area (Å²) in [5.74, 6) is -0.450. The molecule has 0 bridgehead atoms. The summed E-state index contributed by atoms with van der Waals surface area (Å²) in [7, 11) is 0. The second-order valence-electron chi connectivity index (χ2n) is 4.36. The maximum Gasteiger partial charge on any atom is 0.271 e. The molecule has 0 saturated heterocycles. The van der Waals surface area contributed by atoms with Gasteiger partial charge in [0.15, 0.2) is 0 Å². The Hall–Kier alpha value is -2.63. The highest BCUT2D eigenvalue weighted by molar-refractivity contribution is 5.53. The number of non-ortho nitro benzene ring substituents is 1. The third-order valence-electron chi connectivity index (χ3n) is 2.95. The van der Waals surface area contributed by atoms with Gasteiger partial charge < -0.3 is 10.4 Å². The lowest BCUT2D eigenvalue weighted by molar-refractivity contribution is -0.384. The van der Waals surface area contributed by atoms with Crippen LogP contribution in [0.25, 0.3) is 0 Å². The summed E-state index contributed by atoms with van der Waals surface area (Å²) in [5, 5.41) is 23.3. The first kappa shape index (κ1) is 13.8. The maximum atomic E-state index is 13.6. The summed E-state index contributed by atoms with van der Waals surface area (Å²) in [6.45, 7) is 1.93. The Morgan fingerprint density at radius 2 is 2.10 bits per heavy atom. The number of halogens is 1. The van der Waals surface area contributed by atoms with Crippen LogP contribution < -0.4 is 5.32 Å². The Morgan fingerprint density at radius 3 is 2.80 bits per heavy atom. The molecule has 0 aliphatic rings. The fourth-order valence-electron chi connectivity index (χ4n) is 1.82. The number of aryl methyl sites for hydroxylation is 1. The van der Waals surface area contributed by atoms with Crippen LogP contribution in [0.2, 0.25) is 0 Å². The van der Waals surface area contributed by atoms with Crippen LogP contribution in [0.4, 0.5) is 15.8 Å². The molecule has 6 heteroatoms. The summed E-state index contributed by atoms with van der Waals surface area (Å²) in [6, 6.07) is 8.50. The number of rotatable bonds is 4. The van der Waals surface area contributed by atoms with Crippen molar-refractivity contribution in [3.05, 3.63) is 63.5 Å². The Balaban J connectivity index is 2.20. The standard InChI is InChI=1S/C14H13FN2O3/c1-9-3-2-4-10(14(9)18)8-16-13-7-11(17(19)20)5-6-12(13)15/h2-7,16,18H,8H2,1H3. The molecule has 104 valence electrons. The fraction of sp³-hybridized carbons (Fsp3) is 0.143. The van der Waals surface area contributed by atoms with E-state index < -0.39 is 10.7 Å². The molecule has 0 heterocycles. The van der Waals surface area contributed by atoms with Crippen molar-refractivity contribution in [1.29, 1.82) is 0 Å². The van der Waals surface area contributed by atoms with Crippen LogP contribution in [0.15, 0.2) is 36.4 Å². The van der Waals surface area contributed by atoms with E-state index in [0.29, 0.717) is 11.1 Å². The number of phenols is 1. The van der Waals surface area contributed by atoms with E-state index >= 15 is 0 Å². The Bertz CT molecular complexity index is 659. The van der Waals surface area contributed by atoms with Gasteiger partial charge in [-0.15, -0.1) is 0 Å². The van der Waals surface area contributed by atoms with Crippen molar-refractivity contribution in [2.45, 2.75) is 13.5 Å². The zero-order chi connectivity index (χ0) is 14.7. The topological polar surface area (TPSA) is 75.4 Å². The van der Waals surface area contributed by atoms with Crippen LogP contribution in [-0.2, 0) is 6.54 Å². The van der Waals surface area contributed by atoms with Crippen LogP contribution in [0.3, 0.4) is 0 Å². The monoisotopic (exact) mass is 276 g/mol. The largest absolute Gasteiger partial charge is 0.507 e. The molecule has 0 atom stereocenters. The SMILES string of the molecule is Cc1cccc(CNc2cc([N+](=O)[O-])ccc2F)c1O. The summed E-state index contributed by atoms with van der Waals surface area (Å²) in [4.78, 5) is 10.1. The van der Waals surface area contributed by atoms with E-state index in [1.807, 2.05) is 0 Å². The molecule has 2 aromatic rings. The van der Waals surface area contributed by atoms with Crippen molar-refractivity contribution in [2.24, 2.45) is 0 Å². The molecular formula is C14H13FN2O3. The smallest absolute Gasteiger partial charge is 0.271 e. The number of phenolic OH excluding ortho intramolecular Hbond substituents is 1. The van der Waals surface area contributed by atoms with Gasteiger partial charge in [-0.3, -0.25) is 10.1 Å². The molecule has 0 spiro atoms. The van der Waals surface area contributed by atoms with Gasteiger partial charge in [0.1, 0.15) is 11.6 Å². The van der Waals surface area contributed by atoms with E-state index in [2.05, 4.69) is 5.32 Å². The first-order valence-corrected chi connectivity index (χ1v) is 5.94. The first-order chi connectivity index (χ1) is 9.49. The molecule has 0 saturated carbocycles. The van der Waals surface area contributed by atoms with Crippen LogP contribution in [-0.4, -0.2) is 10.0 Å². The number of nitrogens with one attached hydrogen (secondary N) is 1. The molecule has 0 radical (unpaired) electrons. The summed E-state index contributed by atoms with van der Waals surface area (Å²) < 4.78 is 13.6. The number of benzene rings is 2. The summed E-state index contributed by atoms with van der Waals surface area (Å²) in [5.41, 5.74) is 1.14. The van der Waals surface area contributed by atoms with Gasteiger partial charge in [0.25, 0.3) is 5.69 Å². The predicted octanol–water partition coefficient (Wildman–Crippen LogP) is 3.36. The zero-order valence-corrected chi connectivity index (χ0v) is 10.8. The summed E-state index contributed by atoms with van der Waals surface area (Å²) >= 11 is 0. The van der Waals surface area contributed by atoms with Crippen molar-refractivity contribution >= 4 is 11.4 Å². The van der Waals surface area contributed by atoms with Gasteiger partial charge in [0, 0.05) is 24.2 Å². The van der Waals surface area contributed by atoms with Gasteiger partial charge in [-0.2, -0.15) is 0 Å². The normalized spacial score (nSPS) is 10.3. The Morgan fingerprint density at radius 1 is 1.35 bits per heavy atom. The average molecular weight is 276 g/mol. The molecule has 2 rings (SSSR count). The molecule has 5 nitrogen and oxygen atoms in total. The van der Waals surface area contributed by atoms with Crippen molar-refractivity contribution < 1.29 is 14.4 Å². The highest BCUT2D eigenvalue weighted by Gasteiger charge is 2.11. The maximum absolute atomic E-state index is 13.6. The van der Waals surface area contributed by atoms with Gasteiger partial charge in [-0.1, -0.05) is 18.2 Å². The van der Waals surface area contributed by atoms with E-state index in [1.54, 1.807) is 25.1 Å². The van der Waals surface area contributed by atoms with Crippen molar-refractivity contribution in [3.8, 4) is 5.75 Å². The van der Waals surface area contributed by atoms with Crippen LogP contribution >= 0.6 is 0 Å². The number of anilines is 1. The van der Waals surface area contributed by atoms with Crippen molar-refractivity contribution in [1.82, 2.24) is 0 Å². The molecule has 2 aromatic carbocycles. The van der Waals surface area contributed by atoms with Gasteiger partial charge in [-0.05, 0) is 18.6 Å². The lowest BCUT2D eigenvalue weighted by Gasteiger charge is -2.10. The lowest BCUT2D eigenvalue weighted by atomic mass is 10.1. The number of hydrogen-bond donors (Lipinski definition) is 2. The van der Waals surface area contributed by atoms with Crippen LogP contribution in [0, 0.1) is 22.9 Å². The van der Waals surface area contributed by atoms with Crippen LogP contribution in [0.1, 0.15) is 11.1 Å². The minimum absolute atomic E-state index is 0.0279. The molecule has 0 amide bonds. The Labute approximate surface area is 114 Å². The van der Waals surface area contributed by atoms with E-state index in [1.165, 1.54) is 0 Å². The first-order valence-electron chi connectivity index (χ1n) is 5.94. The molecule has 0 aliphatic heterocycles. The van der Waals surface area contributed by atoms with Gasteiger partial charge >= 0.3 is 0 Å². The van der Waals surface area contributed by atoms with Gasteiger partial charge in [-0.25, -0.2) is 4.39 Å². The molecule has 0 aliphatic carbocycles. The highest BCUT2D eigenvalue weighted by atomic mass is 19.1. The lowest BCUT2D eigenvalue weighted by Crippen LogP contribution is -2.03. The molecule has 0 aromatic heterocycles. The highest BCUT2D eigenvalue weighted by Crippen LogP contribution is 2.25. The second-order valence-corrected chi connectivity index (χ2v) is 4.36. The van der Waals surface area contributed by atoms with E-state index in [9.17, 15) is 19.6 Å². The zero-order valence-electron chi connectivity index (χ0n) is 10.8. The third kappa shape index (κ3) is 2.85. The number of nitro benzene ring substituents is 1. The molecule has 0 unspecified atom stereocenters. The van der Waals surface area contributed by atoms with E-state index in [4.69, 9.17) is 0 Å². The molecule has 0 fully saturated rings. The third-order valence-corrected chi connectivity index (χ3v) is 2.95. The van der Waals surface area contributed by atoms with E-state index in [0.717, 1.165) is 18.2 Å². The molecular weight excluding hydrogens is 263 g/mol. The fourth-order valence-corrected chi connectivity index (χ4v) is 1.82. The average Bonchev–Trinajstić information content (AvgIpc) is 2.41. The number of nitro groups is 1.